The van der Waals surface area contributed by atoms with Crippen molar-refractivity contribution in [1.29, 1.82) is 0 Å². The van der Waals surface area contributed by atoms with Gasteiger partial charge in [-0.3, -0.25) is 4.79 Å². The lowest BCUT2D eigenvalue weighted by molar-refractivity contribution is -0.115. The number of carbonyl (C=O) groups is 1. The van der Waals surface area contributed by atoms with Crippen LogP contribution in [0.4, 0.5) is 10.1 Å². The average Bonchev–Trinajstić information content (AvgIpc) is 3.03. The maximum absolute atomic E-state index is 13.1. The molecule has 1 heterocycles. The van der Waals surface area contributed by atoms with E-state index >= 15 is 0 Å². The molecule has 0 aliphatic carbocycles. The molecule has 0 fully saturated rings. The largest absolute Gasteiger partial charge is 0.357 e. The highest BCUT2D eigenvalue weighted by molar-refractivity contribution is 7.07. The van der Waals surface area contributed by atoms with Crippen LogP contribution in [0.25, 0.3) is 0 Å². The molecule has 122 valence electrons. The van der Waals surface area contributed by atoms with Crippen LogP contribution < -0.4 is 16.0 Å². The Morgan fingerprint density at radius 3 is 2.87 bits per heavy atom. The van der Waals surface area contributed by atoms with Gasteiger partial charge >= 0.3 is 0 Å². The molecule has 1 aromatic heterocycles. The molecule has 1 aromatic carbocycles. The van der Waals surface area contributed by atoms with E-state index in [0.29, 0.717) is 24.7 Å². The van der Waals surface area contributed by atoms with E-state index in [1.807, 2.05) is 23.8 Å². The molecule has 0 radical (unpaired) electrons. The van der Waals surface area contributed by atoms with E-state index in [1.165, 1.54) is 12.1 Å². The van der Waals surface area contributed by atoms with Crippen LogP contribution in [0.3, 0.4) is 0 Å². The quantitative estimate of drug-likeness (QED) is 0.562. The smallest absolute Gasteiger partial charge is 0.243 e. The number of carbonyl (C=O) groups excluding carboxylic acids is 1. The Morgan fingerprint density at radius 2 is 2.17 bits per heavy atom. The standard InChI is InChI=1S/C16H19FN4OS/c1-2-18-16(19-9-12-6-7-23-11-12)20-10-15(22)21-14-5-3-4-13(17)8-14/h3-8,11H,2,9-10H2,1H3,(H,21,22)(H2,18,19,20). The Kier molecular flexibility index (Phi) is 6.56. The van der Waals surface area contributed by atoms with Gasteiger partial charge in [0, 0.05) is 12.2 Å². The molecule has 0 spiro atoms. The fraction of sp³-hybridized carbons (Fsp3) is 0.250. The van der Waals surface area contributed by atoms with Gasteiger partial charge in [-0.05, 0) is 47.5 Å². The second-order valence-corrected chi connectivity index (χ2v) is 5.52. The molecule has 5 nitrogen and oxygen atoms in total. The first kappa shape index (κ1) is 17.0. The van der Waals surface area contributed by atoms with Gasteiger partial charge in [0.15, 0.2) is 5.96 Å². The molecule has 7 heteroatoms. The number of halogens is 1. The maximum Gasteiger partial charge on any atom is 0.243 e. The molecule has 3 N–H and O–H groups in total. The first-order valence-corrected chi connectivity index (χ1v) is 8.20. The highest BCUT2D eigenvalue weighted by Crippen LogP contribution is 2.08. The summed E-state index contributed by atoms with van der Waals surface area (Å²) >= 11 is 1.62. The van der Waals surface area contributed by atoms with Crippen LogP contribution >= 0.6 is 11.3 Å². The highest BCUT2D eigenvalue weighted by Gasteiger charge is 2.05. The second-order valence-electron chi connectivity index (χ2n) is 4.74. The molecule has 0 saturated heterocycles. The number of nitrogens with zero attached hydrogens (tertiary/aromatic N) is 1. The lowest BCUT2D eigenvalue weighted by Gasteiger charge is -2.11. The maximum atomic E-state index is 13.1. The number of rotatable bonds is 6. The summed E-state index contributed by atoms with van der Waals surface area (Å²) in [5, 5.41) is 12.7. The molecular formula is C16H19FN4OS. The van der Waals surface area contributed by atoms with E-state index in [4.69, 9.17) is 0 Å². The molecule has 0 unspecified atom stereocenters. The van der Waals surface area contributed by atoms with Gasteiger partial charge in [-0.1, -0.05) is 6.07 Å². The summed E-state index contributed by atoms with van der Waals surface area (Å²) in [5.74, 6) is -0.0914. The zero-order valence-electron chi connectivity index (χ0n) is 12.8. The summed E-state index contributed by atoms with van der Waals surface area (Å²) < 4.78 is 13.1. The fourth-order valence-corrected chi connectivity index (χ4v) is 2.49. The molecule has 1 amide bonds. The van der Waals surface area contributed by atoms with Crippen LogP contribution in [0.2, 0.25) is 0 Å². The number of guanidine groups is 1. The number of aliphatic imine (C=N–C) groups is 1. The zero-order valence-corrected chi connectivity index (χ0v) is 13.6. The fourth-order valence-electron chi connectivity index (χ4n) is 1.83. The van der Waals surface area contributed by atoms with Crippen LogP contribution in [0, 0.1) is 5.82 Å². The Hall–Kier alpha value is -2.41. The number of thiophene rings is 1. The average molecular weight is 334 g/mol. The Bertz CT molecular complexity index is 658. The van der Waals surface area contributed by atoms with Crippen molar-refractivity contribution in [3.05, 3.63) is 52.5 Å². The van der Waals surface area contributed by atoms with Crippen molar-refractivity contribution in [3.8, 4) is 0 Å². The van der Waals surface area contributed by atoms with Gasteiger partial charge in [0.2, 0.25) is 5.91 Å². The number of benzene rings is 1. The van der Waals surface area contributed by atoms with Crippen molar-refractivity contribution in [2.75, 3.05) is 18.4 Å². The van der Waals surface area contributed by atoms with E-state index < -0.39 is 0 Å². The zero-order chi connectivity index (χ0) is 16.5. The molecule has 2 aromatic rings. The van der Waals surface area contributed by atoms with E-state index in [9.17, 15) is 9.18 Å². The van der Waals surface area contributed by atoms with Crippen molar-refractivity contribution in [2.45, 2.75) is 13.5 Å². The van der Waals surface area contributed by atoms with Crippen LogP contribution in [0.5, 0.6) is 0 Å². The summed E-state index contributed by atoms with van der Waals surface area (Å²) in [5.41, 5.74) is 1.55. The number of hydrogen-bond acceptors (Lipinski definition) is 3. The van der Waals surface area contributed by atoms with Gasteiger partial charge in [-0.25, -0.2) is 9.38 Å². The van der Waals surface area contributed by atoms with Gasteiger partial charge in [-0.15, -0.1) is 0 Å². The summed E-state index contributed by atoms with van der Waals surface area (Å²) in [6.45, 7) is 3.24. The third kappa shape index (κ3) is 6.07. The van der Waals surface area contributed by atoms with Crippen LogP contribution in [0.1, 0.15) is 12.5 Å². The molecule has 0 aliphatic rings. The molecular weight excluding hydrogens is 315 g/mol. The van der Waals surface area contributed by atoms with Crippen LogP contribution in [-0.2, 0) is 11.3 Å². The van der Waals surface area contributed by atoms with Crippen LogP contribution in [-0.4, -0.2) is 25.0 Å². The van der Waals surface area contributed by atoms with Gasteiger partial charge in [0.25, 0.3) is 0 Å². The molecule has 23 heavy (non-hydrogen) atoms. The number of nitrogens with one attached hydrogen (secondary N) is 3. The summed E-state index contributed by atoms with van der Waals surface area (Å²) in [6.07, 6.45) is 0. The molecule has 0 bridgehead atoms. The first-order valence-electron chi connectivity index (χ1n) is 7.26. The van der Waals surface area contributed by atoms with Gasteiger partial charge in [0.05, 0.1) is 13.1 Å². The van der Waals surface area contributed by atoms with Crippen molar-refractivity contribution < 1.29 is 9.18 Å². The Labute approximate surface area is 138 Å². The van der Waals surface area contributed by atoms with E-state index in [1.54, 1.807) is 23.5 Å². The predicted molar refractivity (Wildman–Crippen MR) is 92.2 cm³/mol. The normalized spacial score (nSPS) is 11.1. The molecule has 2 rings (SSSR count). The Morgan fingerprint density at radius 1 is 1.30 bits per heavy atom. The number of anilines is 1. The molecule has 0 aliphatic heterocycles. The number of hydrogen-bond donors (Lipinski definition) is 3. The van der Waals surface area contributed by atoms with E-state index in [0.717, 1.165) is 5.56 Å². The van der Waals surface area contributed by atoms with Crippen molar-refractivity contribution in [3.63, 3.8) is 0 Å². The minimum absolute atomic E-state index is 0.0476. The highest BCUT2D eigenvalue weighted by atomic mass is 32.1. The van der Waals surface area contributed by atoms with Gasteiger partial charge < -0.3 is 16.0 Å². The minimum atomic E-state index is -0.388. The monoisotopic (exact) mass is 334 g/mol. The lowest BCUT2D eigenvalue weighted by Crippen LogP contribution is -2.41. The predicted octanol–water partition coefficient (Wildman–Crippen LogP) is 2.58. The number of amides is 1. The van der Waals surface area contributed by atoms with Crippen molar-refractivity contribution >= 4 is 28.9 Å². The van der Waals surface area contributed by atoms with Crippen molar-refractivity contribution in [1.82, 2.24) is 10.6 Å². The summed E-state index contributed by atoms with van der Waals surface area (Å²) in [6, 6.07) is 7.79. The lowest BCUT2D eigenvalue weighted by atomic mass is 10.3. The van der Waals surface area contributed by atoms with E-state index in [2.05, 4.69) is 20.9 Å². The Balaban J connectivity index is 1.85. The summed E-state index contributed by atoms with van der Waals surface area (Å²) in [4.78, 5) is 16.3. The molecule has 0 saturated carbocycles. The SMILES string of the molecule is CCNC(=NCc1ccsc1)NCC(=O)Nc1cccc(F)c1. The molecule has 0 atom stereocenters. The van der Waals surface area contributed by atoms with Crippen molar-refractivity contribution in [2.24, 2.45) is 4.99 Å². The topological polar surface area (TPSA) is 65.5 Å². The third-order valence-corrected chi connectivity index (χ3v) is 3.60. The first-order chi connectivity index (χ1) is 11.2. The van der Waals surface area contributed by atoms with Gasteiger partial charge in [0.1, 0.15) is 5.82 Å². The third-order valence-electron chi connectivity index (χ3n) is 2.87. The van der Waals surface area contributed by atoms with E-state index in [-0.39, 0.29) is 18.3 Å². The second kappa shape index (κ2) is 8.89. The van der Waals surface area contributed by atoms with Gasteiger partial charge in [-0.2, -0.15) is 11.3 Å². The van der Waals surface area contributed by atoms with Crippen LogP contribution in [0.15, 0.2) is 46.1 Å². The minimum Gasteiger partial charge on any atom is -0.357 e. The summed E-state index contributed by atoms with van der Waals surface area (Å²) in [7, 11) is 0.